The van der Waals surface area contributed by atoms with Gasteiger partial charge in [-0.05, 0) is 82.3 Å². The van der Waals surface area contributed by atoms with Crippen LogP contribution in [0.15, 0.2) is 72.8 Å². The molecule has 0 saturated carbocycles. The van der Waals surface area contributed by atoms with Crippen LogP contribution in [0.2, 0.25) is 0 Å². The second-order valence-corrected chi connectivity index (χ2v) is 9.28. The fraction of sp³-hybridized carbons (Fsp3) is 0.250. The summed E-state index contributed by atoms with van der Waals surface area (Å²) in [5.74, 6) is 0. The summed E-state index contributed by atoms with van der Waals surface area (Å²) in [7, 11) is 0. The molecule has 1 aromatic heterocycles. The summed E-state index contributed by atoms with van der Waals surface area (Å²) in [4.78, 5) is 0. The van der Waals surface area contributed by atoms with E-state index in [4.69, 9.17) is 0 Å². The quantitative estimate of drug-likeness (QED) is 0.261. The molecule has 1 nitrogen and oxygen atoms in total. The first-order valence-electron chi connectivity index (χ1n) is 12.5. The Morgan fingerprint density at radius 2 is 1.18 bits per heavy atom. The van der Waals surface area contributed by atoms with Gasteiger partial charge in [0.25, 0.3) is 0 Å². The van der Waals surface area contributed by atoms with Gasteiger partial charge in [-0.2, -0.15) is 0 Å². The van der Waals surface area contributed by atoms with Gasteiger partial charge in [0.1, 0.15) is 0 Å². The Kier molecular flexibility index (Phi) is 4.87. The molecule has 0 bridgehead atoms. The molecule has 0 N–H and O–H groups in total. The molecule has 6 rings (SSSR count). The molecule has 1 heteroatoms. The van der Waals surface area contributed by atoms with Crippen molar-refractivity contribution in [1.82, 2.24) is 4.57 Å². The number of hydrogen-bond acceptors (Lipinski definition) is 0. The minimum Gasteiger partial charge on any atom is -0.336 e. The summed E-state index contributed by atoms with van der Waals surface area (Å²) in [6.07, 6.45) is 4.35. The monoisotopic (exact) mass is 429 g/mol. The first-order valence-corrected chi connectivity index (χ1v) is 12.5. The van der Waals surface area contributed by atoms with Crippen molar-refractivity contribution in [2.75, 3.05) is 0 Å². The van der Waals surface area contributed by atoms with E-state index in [1.165, 1.54) is 38.5 Å². The summed E-state index contributed by atoms with van der Waals surface area (Å²) < 4.78 is 2.56. The van der Waals surface area contributed by atoms with Crippen molar-refractivity contribution in [2.24, 2.45) is 0 Å². The molecule has 0 atom stereocenters. The Hall–Kier alpha value is -3.32. The molecular weight excluding hydrogens is 398 g/mol. The van der Waals surface area contributed by atoms with Gasteiger partial charge in [-0.25, -0.2) is 0 Å². The Labute approximate surface area is 196 Å². The maximum absolute atomic E-state index is 2.56. The van der Waals surface area contributed by atoms with Gasteiger partial charge in [-0.3, -0.25) is 0 Å². The van der Waals surface area contributed by atoms with E-state index in [-0.39, 0.29) is 0 Å². The molecule has 4 aromatic carbocycles. The number of hydrogen-bond donors (Lipinski definition) is 0. The van der Waals surface area contributed by atoms with Crippen molar-refractivity contribution in [3.8, 4) is 11.1 Å². The second-order valence-electron chi connectivity index (χ2n) is 9.28. The molecule has 0 unspecified atom stereocenters. The maximum atomic E-state index is 2.56. The zero-order valence-corrected chi connectivity index (χ0v) is 19.9. The minimum atomic E-state index is 0.933. The lowest BCUT2D eigenvalue weighted by Gasteiger charge is -2.24. The fourth-order valence-corrected chi connectivity index (χ4v) is 6.43. The highest BCUT2D eigenvalue weighted by atomic mass is 15.0. The molecule has 0 saturated heterocycles. The van der Waals surface area contributed by atoms with Gasteiger partial charge in [0.05, 0.1) is 0 Å². The lowest BCUT2D eigenvalue weighted by Crippen LogP contribution is -2.12. The summed E-state index contributed by atoms with van der Waals surface area (Å²) in [6.45, 7) is 7.96. The van der Waals surface area contributed by atoms with Crippen molar-refractivity contribution < 1.29 is 0 Å². The Morgan fingerprint density at radius 3 is 1.82 bits per heavy atom. The van der Waals surface area contributed by atoms with Crippen LogP contribution in [0, 0.1) is 0 Å². The predicted octanol–water partition coefficient (Wildman–Crippen LogP) is 8.10. The number of para-hydroxylation sites is 2. The van der Waals surface area contributed by atoms with Crippen molar-refractivity contribution in [3.05, 3.63) is 106 Å². The summed E-state index contributed by atoms with van der Waals surface area (Å²) in [5.41, 5.74) is 15.1. The van der Waals surface area contributed by atoms with Gasteiger partial charge >= 0.3 is 0 Å². The van der Waals surface area contributed by atoms with Gasteiger partial charge in [-0.15, -0.1) is 0 Å². The van der Waals surface area contributed by atoms with E-state index in [9.17, 15) is 0 Å². The van der Waals surface area contributed by atoms with Crippen LogP contribution in [0.25, 0.3) is 32.9 Å². The topological polar surface area (TPSA) is 4.93 Å². The Morgan fingerprint density at radius 1 is 0.606 bits per heavy atom. The fourth-order valence-electron chi connectivity index (χ4n) is 6.43. The van der Waals surface area contributed by atoms with E-state index in [1.807, 2.05) is 0 Å². The van der Waals surface area contributed by atoms with E-state index in [2.05, 4.69) is 98.1 Å². The van der Waals surface area contributed by atoms with E-state index in [0.717, 1.165) is 32.2 Å². The summed E-state index contributed by atoms with van der Waals surface area (Å²) >= 11 is 0. The minimum absolute atomic E-state index is 0.933. The molecule has 0 aliphatic heterocycles. The number of fused-ring (bicyclic) bond motifs is 6. The number of aromatic nitrogens is 1. The third-order valence-electron chi connectivity index (χ3n) is 7.77. The van der Waals surface area contributed by atoms with E-state index in [1.54, 1.807) is 27.8 Å². The molecule has 1 aliphatic carbocycles. The third-order valence-corrected chi connectivity index (χ3v) is 7.77. The van der Waals surface area contributed by atoms with Crippen molar-refractivity contribution >= 4 is 21.8 Å². The Bertz CT molecular complexity index is 1460. The van der Waals surface area contributed by atoms with Crippen LogP contribution in [0.5, 0.6) is 0 Å². The van der Waals surface area contributed by atoms with Crippen LogP contribution in [0.3, 0.4) is 0 Å². The molecule has 5 aromatic rings. The zero-order valence-electron chi connectivity index (χ0n) is 19.9. The predicted molar refractivity (Wildman–Crippen MR) is 141 cm³/mol. The first kappa shape index (κ1) is 20.3. The number of benzene rings is 4. The van der Waals surface area contributed by atoms with Gasteiger partial charge in [-0.1, -0.05) is 81.4 Å². The zero-order chi connectivity index (χ0) is 22.5. The van der Waals surface area contributed by atoms with E-state index >= 15 is 0 Å². The van der Waals surface area contributed by atoms with E-state index in [0.29, 0.717) is 0 Å². The normalized spacial score (nSPS) is 12.5. The highest BCUT2D eigenvalue weighted by molar-refractivity contribution is 6.08. The number of nitrogens with zero attached hydrogens (tertiary/aromatic N) is 1. The third kappa shape index (κ3) is 2.92. The van der Waals surface area contributed by atoms with Gasteiger partial charge in [0.15, 0.2) is 0 Å². The molecule has 1 aliphatic rings. The van der Waals surface area contributed by atoms with Crippen LogP contribution in [0.1, 0.15) is 54.2 Å². The first-order chi connectivity index (χ1) is 16.3. The Balaban J connectivity index is 1.67. The molecule has 0 spiro atoms. The van der Waals surface area contributed by atoms with Crippen LogP contribution in [-0.2, 0) is 32.2 Å². The maximum Gasteiger partial charge on any atom is 0.0494 e. The van der Waals surface area contributed by atoms with Crippen molar-refractivity contribution in [1.29, 1.82) is 0 Å². The van der Waals surface area contributed by atoms with E-state index < -0.39 is 0 Å². The van der Waals surface area contributed by atoms with Crippen LogP contribution in [0.4, 0.5) is 0 Å². The van der Waals surface area contributed by atoms with Crippen molar-refractivity contribution in [3.63, 3.8) is 0 Å². The summed E-state index contributed by atoms with van der Waals surface area (Å²) in [6, 6.07) is 26.9. The van der Waals surface area contributed by atoms with Crippen LogP contribution >= 0.6 is 0 Å². The lowest BCUT2D eigenvalue weighted by molar-refractivity contribution is 0.824. The largest absolute Gasteiger partial charge is 0.336 e. The standard InChI is InChI=1S/C32H31N/c1-4-22-23(5-2)29(24(6-3)32-25-14-8-7-13-21(25)19-28(22)32)20-33-30-17-11-9-15-26(30)27-16-10-12-18-31(27)33/h7-18H,4-6,19-20H2,1-3H3. The van der Waals surface area contributed by atoms with Crippen molar-refractivity contribution in [2.45, 2.75) is 53.0 Å². The average Bonchev–Trinajstić information content (AvgIpc) is 3.40. The molecular formula is C32H31N. The molecule has 1 heterocycles. The lowest BCUT2D eigenvalue weighted by atomic mass is 9.83. The molecule has 0 amide bonds. The number of rotatable bonds is 5. The van der Waals surface area contributed by atoms with Crippen LogP contribution < -0.4 is 0 Å². The average molecular weight is 430 g/mol. The highest BCUT2D eigenvalue weighted by Crippen LogP contribution is 2.45. The van der Waals surface area contributed by atoms with Gasteiger partial charge in [0, 0.05) is 28.4 Å². The SMILES string of the molecule is CCc1c(Cn2c3ccccc3c3ccccc32)c(CC)c2c(c1CC)Cc1ccccc1-2. The summed E-state index contributed by atoms with van der Waals surface area (Å²) in [5, 5.41) is 2.71. The molecule has 0 radical (unpaired) electrons. The molecule has 33 heavy (non-hydrogen) atoms. The molecule has 164 valence electrons. The van der Waals surface area contributed by atoms with Crippen LogP contribution in [-0.4, -0.2) is 4.57 Å². The van der Waals surface area contributed by atoms with Gasteiger partial charge < -0.3 is 4.57 Å². The second kappa shape index (κ2) is 7.92. The smallest absolute Gasteiger partial charge is 0.0494 e. The highest BCUT2D eigenvalue weighted by Gasteiger charge is 2.28. The van der Waals surface area contributed by atoms with Gasteiger partial charge in [0.2, 0.25) is 0 Å². The molecule has 0 fully saturated rings.